The van der Waals surface area contributed by atoms with Gasteiger partial charge in [-0.3, -0.25) is 9.89 Å². The van der Waals surface area contributed by atoms with E-state index in [0.29, 0.717) is 18.6 Å². The maximum atomic E-state index is 6.04. The summed E-state index contributed by atoms with van der Waals surface area (Å²) in [5.41, 5.74) is 2.56. The number of aliphatic imine (C=N–C) groups is 1. The third-order valence-electron chi connectivity index (χ3n) is 5.09. The van der Waals surface area contributed by atoms with Gasteiger partial charge in [0.1, 0.15) is 12.5 Å². The maximum absolute atomic E-state index is 6.04. The van der Waals surface area contributed by atoms with Crippen LogP contribution in [-0.2, 0) is 13.0 Å². The van der Waals surface area contributed by atoms with Gasteiger partial charge in [0.2, 0.25) is 0 Å². The zero-order valence-corrected chi connectivity index (χ0v) is 14.7. The van der Waals surface area contributed by atoms with Crippen LogP contribution < -0.4 is 4.74 Å². The zero-order valence-electron chi connectivity index (χ0n) is 14.7. The molecule has 3 rings (SSSR count). The van der Waals surface area contributed by atoms with Crippen LogP contribution in [0.25, 0.3) is 0 Å². The second-order valence-corrected chi connectivity index (χ2v) is 6.92. The molecule has 128 valence electrons. The molecule has 0 saturated carbocycles. The van der Waals surface area contributed by atoms with Crippen LogP contribution >= 0.6 is 0 Å². The fraction of sp³-hybridized carbons (Fsp3) is 0.476. The van der Waals surface area contributed by atoms with Crippen molar-refractivity contribution >= 4 is 6.21 Å². The van der Waals surface area contributed by atoms with Crippen molar-refractivity contribution < 1.29 is 4.74 Å². The molecule has 2 unspecified atom stereocenters. The first-order chi connectivity index (χ1) is 11.8. The number of hydrogen-bond donors (Lipinski definition) is 0. The fourth-order valence-corrected chi connectivity index (χ4v) is 3.61. The highest BCUT2D eigenvalue weighted by Gasteiger charge is 2.20. The van der Waals surface area contributed by atoms with Gasteiger partial charge in [0.25, 0.3) is 0 Å². The maximum Gasteiger partial charge on any atom is 0.142 e. The standard InChI is InChI=1S/C21H28N2O/c1-3-6-19-8-4-9-20-15-23(16-24-21(19)20)14-5-7-17(2)18-10-12-22-13-11-18/h3-4,8-10,12-13,17-18H,1,5-7,11,14-16H2,2H3. The van der Waals surface area contributed by atoms with Gasteiger partial charge >= 0.3 is 0 Å². The van der Waals surface area contributed by atoms with Crippen LogP contribution in [0.5, 0.6) is 5.75 Å². The highest BCUT2D eigenvalue weighted by molar-refractivity contribution is 5.60. The number of para-hydroxylation sites is 1. The summed E-state index contributed by atoms with van der Waals surface area (Å²) in [6, 6.07) is 6.45. The molecule has 2 heterocycles. The molecule has 1 aromatic carbocycles. The number of allylic oxidation sites excluding steroid dienone is 2. The summed E-state index contributed by atoms with van der Waals surface area (Å²) >= 11 is 0. The Labute approximate surface area is 145 Å². The van der Waals surface area contributed by atoms with Crippen molar-refractivity contribution in [3.05, 3.63) is 54.3 Å². The van der Waals surface area contributed by atoms with Crippen LogP contribution in [-0.4, -0.2) is 24.4 Å². The van der Waals surface area contributed by atoms with Crippen molar-refractivity contribution in [1.82, 2.24) is 4.90 Å². The Morgan fingerprint density at radius 3 is 3.17 bits per heavy atom. The molecule has 2 aliphatic heterocycles. The highest BCUT2D eigenvalue weighted by Crippen LogP contribution is 2.30. The van der Waals surface area contributed by atoms with Gasteiger partial charge in [-0.1, -0.05) is 37.3 Å². The van der Waals surface area contributed by atoms with E-state index in [0.717, 1.165) is 31.7 Å². The van der Waals surface area contributed by atoms with E-state index in [1.165, 1.54) is 24.0 Å². The fourth-order valence-electron chi connectivity index (χ4n) is 3.61. The smallest absolute Gasteiger partial charge is 0.142 e. The quantitative estimate of drug-likeness (QED) is 0.685. The lowest BCUT2D eigenvalue weighted by Crippen LogP contribution is -2.33. The topological polar surface area (TPSA) is 24.8 Å². The van der Waals surface area contributed by atoms with Gasteiger partial charge in [-0.15, -0.1) is 6.58 Å². The molecule has 0 saturated heterocycles. The van der Waals surface area contributed by atoms with E-state index >= 15 is 0 Å². The molecule has 1 aromatic rings. The number of ether oxygens (including phenoxy) is 1. The Kier molecular flexibility index (Phi) is 5.86. The van der Waals surface area contributed by atoms with Gasteiger partial charge in [0.05, 0.1) is 0 Å². The van der Waals surface area contributed by atoms with Crippen LogP contribution in [0.4, 0.5) is 0 Å². The zero-order chi connectivity index (χ0) is 16.8. The molecule has 0 fully saturated rings. The van der Waals surface area contributed by atoms with Crippen molar-refractivity contribution in [2.24, 2.45) is 16.8 Å². The molecule has 2 atom stereocenters. The average molecular weight is 324 g/mol. The molecule has 0 radical (unpaired) electrons. The molecule has 0 N–H and O–H groups in total. The van der Waals surface area contributed by atoms with Crippen LogP contribution in [0, 0.1) is 11.8 Å². The lowest BCUT2D eigenvalue weighted by molar-refractivity contribution is 0.0910. The van der Waals surface area contributed by atoms with Gasteiger partial charge < -0.3 is 4.74 Å². The third kappa shape index (κ3) is 4.15. The Bertz CT molecular complexity index is 620. The molecular weight excluding hydrogens is 296 g/mol. The Balaban J connectivity index is 1.48. The van der Waals surface area contributed by atoms with E-state index in [9.17, 15) is 0 Å². The summed E-state index contributed by atoms with van der Waals surface area (Å²) in [6.45, 7) is 8.98. The molecular formula is C21H28N2O. The van der Waals surface area contributed by atoms with Crippen LogP contribution in [0.15, 0.2) is 48.1 Å². The summed E-state index contributed by atoms with van der Waals surface area (Å²) in [5.74, 6) is 2.45. The molecule has 3 heteroatoms. The largest absolute Gasteiger partial charge is 0.477 e. The van der Waals surface area contributed by atoms with E-state index in [1.54, 1.807) is 0 Å². The molecule has 0 spiro atoms. The SMILES string of the molecule is C=CCc1cccc2c1OCN(CCCC(C)C1C=CN=CC1)C2. The van der Waals surface area contributed by atoms with Crippen molar-refractivity contribution in [2.75, 3.05) is 13.3 Å². The summed E-state index contributed by atoms with van der Waals surface area (Å²) < 4.78 is 6.04. The van der Waals surface area contributed by atoms with Gasteiger partial charge in [-0.2, -0.15) is 0 Å². The van der Waals surface area contributed by atoms with Crippen LogP contribution in [0.2, 0.25) is 0 Å². The minimum Gasteiger partial charge on any atom is -0.477 e. The predicted octanol–water partition coefficient (Wildman–Crippen LogP) is 4.59. The molecule has 0 aliphatic carbocycles. The first-order valence-electron chi connectivity index (χ1n) is 9.03. The van der Waals surface area contributed by atoms with E-state index in [1.807, 2.05) is 18.5 Å². The minimum atomic E-state index is 0.655. The lowest BCUT2D eigenvalue weighted by atomic mass is 9.87. The Morgan fingerprint density at radius 1 is 1.46 bits per heavy atom. The van der Waals surface area contributed by atoms with E-state index < -0.39 is 0 Å². The highest BCUT2D eigenvalue weighted by atomic mass is 16.5. The predicted molar refractivity (Wildman–Crippen MR) is 100 cm³/mol. The van der Waals surface area contributed by atoms with Crippen LogP contribution in [0.3, 0.4) is 0 Å². The number of hydrogen-bond acceptors (Lipinski definition) is 3. The molecule has 3 nitrogen and oxygen atoms in total. The Hall–Kier alpha value is -1.87. The summed E-state index contributed by atoms with van der Waals surface area (Å²) in [5, 5.41) is 0. The number of fused-ring (bicyclic) bond motifs is 1. The van der Waals surface area contributed by atoms with E-state index in [4.69, 9.17) is 4.74 Å². The normalized spacial score (nSPS) is 21.1. The number of nitrogens with zero attached hydrogens (tertiary/aromatic N) is 2. The molecule has 24 heavy (non-hydrogen) atoms. The minimum absolute atomic E-state index is 0.655. The van der Waals surface area contributed by atoms with Gasteiger partial charge in [0.15, 0.2) is 0 Å². The summed E-state index contributed by atoms with van der Waals surface area (Å²) in [7, 11) is 0. The average Bonchev–Trinajstić information content (AvgIpc) is 2.63. The van der Waals surface area contributed by atoms with Crippen molar-refractivity contribution in [3.8, 4) is 5.75 Å². The van der Waals surface area contributed by atoms with Gasteiger partial charge in [-0.05, 0) is 43.1 Å². The van der Waals surface area contributed by atoms with E-state index in [2.05, 4.69) is 47.7 Å². The monoisotopic (exact) mass is 324 g/mol. The van der Waals surface area contributed by atoms with E-state index in [-0.39, 0.29) is 0 Å². The summed E-state index contributed by atoms with van der Waals surface area (Å²) in [6.07, 6.45) is 12.6. The molecule has 0 bridgehead atoms. The second kappa shape index (κ2) is 8.29. The first-order valence-corrected chi connectivity index (χ1v) is 9.03. The van der Waals surface area contributed by atoms with Crippen molar-refractivity contribution in [1.29, 1.82) is 0 Å². The van der Waals surface area contributed by atoms with Crippen LogP contribution in [0.1, 0.15) is 37.3 Å². The molecule has 0 amide bonds. The van der Waals surface area contributed by atoms with Gasteiger partial charge in [-0.25, -0.2) is 0 Å². The second-order valence-electron chi connectivity index (χ2n) is 6.92. The number of rotatable bonds is 7. The van der Waals surface area contributed by atoms with Crippen molar-refractivity contribution in [2.45, 2.75) is 39.2 Å². The number of benzene rings is 1. The Morgan fingerprint density at radius 2 is 2.38 bits per heavy atom. The third-order valence-corrected chi connectivity index (χ3v) is 5.09. The summed E-state index contributed by atoms with van der Waals surface area (Å²) in [4.78, 5) is 6.58. The van der Waals surface area contributed by atoms with Gasteiger partial charge in [0, 0.05) is 31.1 Å². The molecule has 0 aromatic heterocycles. The lowest BCUT2D eigenvalue weighted by Gasteiger charge is -2.30. The van der Waals surface area contributed by atoms with Crippen molar-refractivity contribution in [3.63, 3.8) is 0 Å². The molecule has 2 aliphatic rings. The first kappa shape index (κ1) is 17.0.